The van der Waals surface area contributed by atoms with Crippen LogP contribution < -0.4 is 10.6 Å². The quantitative estimate of drug-likeness (QED) is 0.532. The lowest BCUT2D eigenvalue weighted by atomic mass is 9.97. The topological polar surface area (TPSA) is 61.4 Å². The Balaban J connectivity index is 1.41. The Kier molecular flexibility index (Phi) is 6.80. The van der Waals surface area contributed by atoms with E-state index in [2.05, 4.69) is 27.7 Å². The van der Waals surface area contributed by atoms with Gasteiger partial charge in [-0.1, -0.05) is 30.3 Å². The van der Waals surface area contributed by atoms with Gasteiger partial charge >= 0.3 is 18.0 Å². The number of thiophene rings is 1. The lowest BCUT2D eigenvalue weighted by Gasteiger charge is -2.35. The van der Waals surface area contributed by atoms with Gasteiger partial charge in [0.05, 0.1) is 11.6 Å². The van der Waals surface area contributed by atoms with Gasteiger partial charge in [-0.25, -0.2) is 0 Å². The van der Waals surface area contributed by atoms with Crippen molar-refractivity contribution in [2.24, 2.45) is 0 Å². The zero-order valence-electron chi connectivity index (χ0n) is 17.6. The number of nitrogens with one attached hydrogen (secondary N) is 2. The minimum atomic E-state index is -4.54. The normalized spacial score (nSPS) is 14.9. The van der Waals surface area contributed by atoms with E-state index in [-0.39, 0.29) is 18.3 Å². The van der Waals surface area contributed by atoms with Gasteiger partial charge in [0.1, 0.15) is 0 Å². The molecule has 0 radical (unpaired) electrons. The molecule has 2 amide bonds. The molecule has 0 unspecified atom stereocenters. The molecule has 2 N–H and O–H groups in total. The van der Waals surface area contributed by atoms with Crippen molar-refractivity contribution >= 4 is 28.8 Å². The van der Waals surface area contributed by atoms with Crippen molar-refractivity contribution in [2.75, 3.05) is 18.4 Å². The van der Waals surface area contributed by atoms with Crippen LogP contribution in [0.1, 0.15) is 28.3 Å². The van der Waals surface area contributed by atoms with Crippen LogP contribution in [0.5, 0.6) is 0 Å². The first-order valence-corrected chi connectivity index (χ1v) is 11.3. The van der Waals surface area contributed by atoms with Crippen LogP contribution in [0.3, 0.4) is 0 Å². The second-order valence-electron chi connectivity index (χ2n) is 7.80. The number of amides is 2. The Morgan fingerprint density at radius 2 is 1.82 bits per heavy atom. The maximum atomic E-state index is 12.9. The highest BCUT2D eigenvalue weighted by Crippen LogP contribution is 2.31. The molecule has 1 aliphatic heterocycles. The summed E-state index contributed by atoms with van der Waals surface area (Å²) in [6, 6.07) is 14.3. The van der Waals surface area contributed by atoms with Crippen LogP contribution in [0.25, 0.3) is 0 Å². The van der Waals surface area contributed by atoms with Crippen molar-refractivity contribution in [1.82, 2.24) is 10.2 Å². The average Bonchev–Trinajstić information content (AvgIpc) is 3.33. The third kappa shape index (κ3) is 5.61. The van der Waals surface area contributed by atoms with Gasteiger partial charge in [0, 0.05) is 25.3 Å². The van der Waals surface area contributed by atoms with E-state index in [1.165, 1.54) is 23.3 Å². The van der Waals surface area contributed by atoms with Crippen LogP contribution in [0.4, 0.5) is 18.9 Å². The van der Waals surface area contributed by atoms with Crippen molar-refractivity contribution in [1.29, 1.82) is 0 Å². The highest BCUT2D eigenvalue weighted by atomic mass is 32.1. The van der Waals surface area contributed by atoms with Gasteiger partial charge in [0.15, 0.2) is 0 Å². The molecule has 0 saturated heterocycles. The second-order valence-corrected chi connectivity index (χ2v) is 8.58. The van der Waals surface area contributed by atoms with Crippen LogP contribution in [-0.2, 0) is 28.7 Å². The molecule has 0 saturated carbocycles. The summed E-state index contributed by atoms with van der Waals surface area (Å²) in [5.41, 5.74) is 2.59. The fourth-order valence-electron chi connectivity index (χ4n) is 3.94. The maximum Gasteiger partial charge on any atom is 0.416 e. The number of fused-ring (bicyclic) bond motifs is 1. The number of carbonyl (C=O) groups excluding carboxylic acids is 2. The molecule has 9 heteroatoms. The first-order valence-electron chi connectivity index (χ1n) is 10.4. The van der Waals surface area contributed by atoms with E-state index >= 15 is 0 Å². The number of carbonyl (C=O) groups is 2. The zero-order chi connectivity index (χ0) is 23.4. The van der Waals surface area contributed by atoms with Gasteiger partial charge in [-0.2, -0.15) is 24.5 Å². The third-order valence-electron chi connectivity index (χ3n) is 5.64. The smallest absolute Gasteiger partial charge is 0.346 e. The van der Waals surface area contributed by atoms with E-state index in [0.717, 1.165) is 37.2 Å². The monoisotopic (exact) mass is 473 g/mol. The van der Waals surface area contributed by atoms with Crippen molar-refractivity contribution in [3.63, 3.8) is 0 Å². The van der Waals surface area contributed by atoms with Crippen molar-refractivity contribution in [3.8, 4) is 0 Å². The molecule has 0 bridgehead atoms. The number of benzene rings is 2. The molecule has 1 aliphatic rings. The highest BCUT2D eigenvalue weighted by molar-refractivity contribution is 7.08. The molecule has 0 spiro atoms. The Morgan fingerprint density at radius 3 is 2.55 bits per heavy atom. The summed E-state index contributed by atoms with van der Waals surface area (Å²) in [5.74, 6) is -1.91. The first-order chi connectivity index (χ1) is 15.8. The Labute approximate surface area is 193 Å². The summed E-state index contributed by atoms with van der Waals surface area (Å²) in [4.78, 5) is 27.0. The molecule has 0 aliphatic carbocycles. The Morgan fingerprint density at radius 1 is 1.03 bits per heavy atom. The number of hydrogen-bond acceptors (Lipinski definition) is 4. The van der Waals surface area contributed by atoms with E-state index in [1.807, 2.05) is 29.0 Å². The van der Waals surface area contributed by atoms with Crippen molar-refractivity contribution < 1.29 is 22.8 Å². The minimum Gasteiger partial charge on any atom is -0.346 e. The summed E-state index contributed by atoms with van der Waals surface area (Å²) < 4.78 is 38.6. The SMILES string of the molecule is O=C(NC[C@@H](c1ccsc1)N1CCc2ccccc2C1)C(=O)Nc1cccc(C(F)(F)F)c1. The molecule has 2 heterocycles. The molecule has 1 atom stereocenters. The minimum absolute atomic E-state index is 0.0907. The van der Waals surface area contributed by atoms with Gasteiger partial charge in [-0.3, -0.25) is 14.5 Å². The van der Waals surface area contributed by atoms with Gasteiger partial charge in [-0.15, -0.1) is 0 Å². The largest absolute Gasteiger partial charge is 0.416 e. The van der Waals surface area contributed by atoms with Gasteiger partial charge in [0.2, 0.25) is 0 Å². The van der Waals surface area contributed by atoms with Crippen LogP contribution in [0.2, 0.25) is 0 Å². The molecule has 4 rings (SSSR count). The fourth-order valence-corrected chi connectivity index (χ4v) is 4.64. The Hall–Kier alpha value is -3.17. The zero-order valence-corrected chi connectivity index (χ0v) is 18.4. The number of hydrogen-bond donors (Lipinski definition) is 2. The summed E-state index contributed by atoms with van der Waals surface area (Å²) in [5, 5.41) is 8.86. The summed E-state index contributed by atoms with van der Waals surface area (Å²) >= 11 is 1.55. The van der Waals surface area contributed by atoms with E-state index in [4.69, 9.17) is 0 Å². The second kappa shape index (κ2) is 9.76. The van der Waals surface area contributed by atoms with E-state index in [0.29, 0.717) is 0 Å². The predicted molar refractivity (Wildman–Crippen MR) is 121 cm³/mol. The predicted octanol–water partition coefficient (Wildman–Crippen LogP) is 4.62. The molecule has 2 aromatic carbocycles. The molecule has 1 aromatic heterocycles. The molecular formula is C24H22F3N3O2S. The highest BCUT2D eigenvalue weighted by Gasteiger charge is 2.31. The third-order valence-corrected chi connectivity index (χ3v) is 6.34. The number of anilines is 1. The van der Waals surface area contributed by atoms with E-state index < -0.39 is 23.6 Å². The lowest BCUT2D eigenvalue weighted by Crippen LogP contribution is -2.43. The number of rotatable bonds is 5. The van der Waals surface area contributed by atoms with Crippen LogP contribution in [-0.4, -0.2) is 29.8 Å². The summed E-state index contributed by atoms with van der Waals surface area (Å²) in [6.07, 6.45) is -3.65. The van der Waals surface area contributed by atoms with E-state index in [9.17, 15) is 22.8 Å². The van der Waals surface area contributed by atoms with Gasteiger partial charge < -0.3 is 10.6 Å². The van der Waals surface area contributed by atoms with Crippen molar-refractivity contribution in [2.45, 2.75) is 25.2 Å². The van der Waals surface area contributed by atoms with E-state index in [1.54, 1.807) is 11.3 Å². The molecule has 172 valence electrons. The van der Waals surface area contributed by atoms with Crippen LogP contribution in [0, 0.1) is 0 Å². The average molecular weight is 474 g/mol. The molecule has 0 fully saturated rings. The first kappa shape index (κ1) is 23.0. The summed E-state index contributed by atoms with van der Waals surface area (Å²) in [7, 11) is 0. The Bertz CT molecular complexity index is 1130. The molecule has 33 heavy (non-hydrogen) atoms. The number of nitrogens with zero attached hydrogens (tertiary/aromatic N) is 1. The number of alkyl halides is 3. The van der Waals surface area contributed by atoms with Crippen molar-refractivity contribution in [3.05, 3.63) is 87.6 Å². The van der Waals surface area contributed by atoms with Crippen LogP contribution >= 0.6 is 11.3 Å². The van der Waals surface area contributed by atoms with Gasteiger partial charge in [-0.05, 0) is 58.1 Å². The van der Waals surface area contributed by atoms with Crippen LogP contribution in [0.15, 0.2) is 65.4 Å². The molecule has 5 nitrogen and oxygen atoms in total. The molecule has 3 aromatic rings. The lowest BCUT2D eigenvalue weighted by molar-refractivity contribution is -0.137. The summed E-state index contributed by atoms with van der Waals surface area (Å²) in [6.45, 7) is 1.74. The maximum absolute atomic E-state index is 12.9. The fraction of sp³-hybridized carbons (Fsp3) is 0.250. The standard InChI is InChI=1S/C24H22F3N3O2S/c25-24(26,27)19-6-3-7-20(12-19)29-23(32)22(31)28-13-21(18-9-11-33-15-18)30-10-8-16-4-1-2-5-17(16)14-30/h1-7,9,11-12,15,21H,8,10,13-14H2,(H,28,31)(H,29,32)/t21-/m0/s1. The van der Waals surface area contributed by atoms with Gasteiger partial charge in [0.25, 0.3) is 0 Å². The molecular weight excluding hydrogens is 451 g/mol. The number of halogens is 3.